The minimum atomic E-state index is -0.503. The van der Waals surface area contributed by atoms with Crippen LogP contribution in [0.1, 0.15) is 31.3 Å². The fraction of sp³-hybridized carbons (Fsp3) is 0.261. The number of anilines is 1. The Hall–Kier alpha value is -3.61. The number of carbonyl (C=O) groups is 2. The van der Waals surface area contributed by atoms with Gasteiger partial charge in [0.25, 0.3) is 0 Å². The zero-order valence-electron chi connectivity index (χ0n) is 17.5. The Labute approximate surface area is 175 Å². The van der Waals surface area contributed by atoms with Gasteiger partial charge in [-0.05, 0) is 37.3 Å². The second-order valence-electron chi connectivity index (χ2n) is 6.94. The number of methoxy groups -OCH3 is 1. The highest BCUT2D eigenvalue weighted by Gasteiger charge is 2.20. The summed E-state index contributed by atoms with van der Waals surface area (Å²) in [4.78, 5) is 24.4. The second-order valence-corrected chi connectivity index (χ2v) is 6.94. The smallest absolute Gasteiger partial charge is 0.358 e. The topological polar surface area (TPSA) is 82.5 Å². The molecule has 0 radical (unpaired) electrons. The number of carbonyl (C=O) groups excluding carboxylic acids is 2. The maximum Gasteiger partial charge on any atom is 0.358 e. The normalized spacial score (nSPS) is 10.7. The van der Waals surface area contributed by atoms with Crippen molar-refractivity contribution in [3.05, 3.63) is 60.3 Å². The monoisotopic (exact) mass is 407 g/mol. The van der Waals surface area contributed by atoms with Crippen LogP contribution in [0.5, 0.6) is 5.75 Å². The molecule has 0 saturated heterocycles. The number of aromatic nitrogens is 2. The van der Waals surface area contributed by atoms with Crippen molar-refractivity contribution in [2.45, 2.75) is 20.8 Å². The molecule has 3 aromatic rings. The average Bonchev–Trinajstić information content (AvgIpc) is 3.19. The van der Waals surface area contributed by atoms with Crippen LogP contribution in [0.3, 0.4) is 0 Å². The molecule has 0 fully saturated rings. The minimum Gasteiger partial charge on any atom is -0.494 e. The standard InChI is InChI=1S/C23H25N3O4/c1-5-30-23(28)18-14-20(26(25-18)19-11-6-7-12-21(19)29-4)16-9-8-10-17(13-16)24-22(27)15(2)3/h6-15H,5H2,1-4H3,(H,24,27). The summed E-state index contributed by atoms with van der Waals surface area (Å²) in [5.41, 5.74) is 2.99. The molecular formula is C23H25N3O4. The van der Waals surface area contributed by atoms with E-state index in [1.54, 1.807) is 24.8 Å². The third kappa shape index (κ3) is 4.51. The summed E-state index contributed by atoms with van der Waals surface area (Å²) < 4.78 is 12.2. The van der Waals surface area contributed by atoms with E-state index in [4.69, 9.17) is 9.47 Å². The highest BCUT2D eigenvalue weighted by Crippen LogP contribution is 2.30. The number of rotatable bonds is 7. The highest BCUT2D eigenvalue weighted by atomic mass is 16.5. The molecule has 30 heavy (non-hydrogen) atoms. The lowest BCUT2D eigenvalue weighted by Gasteiger charge is -2.13. The first-order chi connectivity index (χ1) is 14.4. The van der Waals surface area contributed by atoms with Gasteiger partial charge in [0.15, 0.2) is 5.69 Å². The van der Waals surface area contributed by atoms with E-state index in [1.165, 1.54) is 0 Å². The molecule has 0 aliphatic rings. The summed E-state index contributed by atoms with van der Waals surface area (Å²) in [6.07, 6.45) is 0. The molecule has 0 atom stereocenters. The molecule has 2 aromatic carbocycles. The van der Waals surface area contributed by atoms with E-state index in [0.29, 0.717) is 22.8 Å². The molecule has 156 valence electrons. The summed E-state index contributed by atoms with van der Waals surface area (Å²) in [6, 6.07) is 16.5. The van der Waals surface area contributed by atoms with E-state index in [9.17, 15) is 9.59 Å². The van der Waals surface area contributed by atoms with Gasteiger partial charge in [-0.2, -0.15) is 5.10 Å². The van der Waals surface area contributed by atoms with E-state index in [-0.39, 0.29) is 24.1 Å². The van der Waals surface area contributed by atoms with Gasteiger partial charge >= 0.3 is 5.97 Å². The Kier molecular flexibility index (Phi) is 6.51. The van der Waals surface area contributed by atoms with Gasteiger partial charge < -0.3 is 14.8 Å². The minimum absolute atomic E-state index is 0.0717. The largest absolute Gasteiger partial charge is 0.494 e. The Morgan fingerprint density at radius 3 is 2.57 bits per heavy atom. The van der Waals surface area contributed by atoms with Crippen LogP contribution in [0.4, 0.5) is 5.69 Å². The van der Waals surface area contributed by atoms with Gasteiger partial charge in [-0.25, -0.2) is 9.48 Å². The summed E-state index contributed by atoms with van der Waals surface area (Å²) in [7, 11) is 1.58. The molecule has 0 unspecified atom stereocenters. The van der Waals surface area contributed by atoms with Gasteiger partial charge in [-0.1, -0.05) is 38.1 Å². The van der Waals surface area contributed by atoms with E-state index in [1.807, 2.05) is 62.4 Å². The van der Waals surface area contributed by atoms with E-state index in [0.717, 1.165) is 5.56 Å². The van der Waals surface area contributed by atoms with Crippen LogP contribution in [0, 0.1) is 5.92 Å². The number of nitrogens with one attached hydrogen (secondary N) is 1. The maximum absolute atomic E-state index is 12.3. The van der Waals surface area contributed by atoms with Crippen molar-refractivity contribution in [3.63, 3.8) is 0 Å². The number of ether oxygens (including phenoxy) is 2. The Morgan fingerprint density at radius 1 is 1.10 bits per heavy atom. The molecule has 3 rings (SSSR count). The third-order valence-corrected chi connectivity index (χ3v) is 4.46. The molecule has 1 N–H and O–H groups in total. The van der Waals surface area contributed by atoms with Crippen molar-refractivity contribution >= 4 is 17.6 Å². The first kappa shape index (κ1) is 21.1. The second kappa shape index (κ2) is 9.26. The van der Waals surface area contributed by atoms with Crippen molar-refractivity contribution in [2.75, 3.05) is 19.0 Å². The molecule has 7 heteroatoms. The summed E-state index contributed by atoms with van der Waals surface area (Å²) in [6.45, 7) is 5.67. The van der Waals surface area contributed by atoms with Gasteiger partial charge in [0, 0.05) is 17.2 Å². The Morgan fingerprint density at radius 2 is 1.87 bits per heavy atom. The van der Waals surface area contributed by atoms with Gasteiger partial charge in [-0.15, -0.1) is 0 Å². The Bertz CT molecular complexity index is 1060. The van der Waals surface area contributed by atoms with Crippen LogP contribution in [0.15, 0.2) is 54.6 Å². The van der Waals surface area contributed by atoms with Gasteiger partial charge in [0.05, 0.1) is 19.4 Å². The number of esters is 1. The lowest BCUT2D eigenvalue weighted by atomic mass is 10.1. The van der Waals surface area contributed by atoms with E-state index >= 15 is 0 Å². The molecule has 1 aromatic heterocycles. The SMILES string of the molecule is CCOC(=O)c1cc(-c2cccc(NC(=O)C(C)C)c2)n(-c2ccccc2OC)n1. The van der Waals surface area contributed by atoms with Crippen LogP contribution < -0.4 is 10.1 Å². The molecule has 1 heterocycles. The van der Waals surface area contributed by atoms with Crippen molar-refractivity contribution in [1.29, 1.82) is 0 Å². The van der Waals surface area contributed by atoms with Crippen molar-refractivity contribution in [1.82, 2.24) is 9.78 Å². The van der Waals surface area contributed by atoms with Gasteiger partial charge in [0.2, 0.25) is 5.91 Å². The molecular weight excluding hydrogens is 382 g/mol. The van der Waals surface area contributed by atoms with Crippen LogP contribution in [0.2, 0.25) is 0 Å². The molecule has 0 aliphatic carbocycles. The summed E-state index contributed by atoms with van der Waals surface area (Å²) in [5, 5.41) is 7.38. The van der Waals surface area contributed by atoms with Crippen LogP contribution in [0.25, 0.3) is 16.9 Å². The highest BCUT2D eigenvalue weighted by molar-refractivity contribution is 5.93. The van der Waals surface area contributed by atoms with Crippen molar-refractivity contribution in [3.8, 4) is 22.7 Å². The van der Waals surface area contributed by atoms with Crippen molar-refractivity contribution < 1.29 is 19.1 Å². The number of nitrogens with zero attached hydrogens (tertiary/aromatic N) is 2. The van der Waals surface area contributed by atoms with Crippen LogP contribution >= 0.6 is 0 Å². The molecule has 0 aliphatic heterocycles. The first-order valence-electron chi connectivity index (χ1n) is 9.76. The zero-order chi connectivity index (χ0) is 21.7. The number of para-hydroxylation sites is 2. The zero-order valence-corrected chi connectivity index (χ0v) is 17.5. The lowest BCUT2D eigenvalue weighted by molar-refractivity contribution is -0.118. The molecule has 0 bridgehead atoms. The quantitative estimate of drug-likeness (QED) is 0.590. The average molecular weight is 407 g/mol. The van der Waals surface area contributed by atoms with E-state index < -0.39 is 5.97 Å². The van der Waals surface area contributed by atoms with Crippen LogP contribution in [-0.2, 0) is 9.53 Å². The molecule has 0 spiro atoms. The summed E-state index contributed by atoms with van der Waals surface area (Å²) in [5.74, 6) is -0.0982. The number of benzene rings is 2. The first-order valence-corrected chi connectivity index (χ1v) is 9.76. The molecule has 7 nitrogen and oxygen atoms in total. The van der Waals surface area contributed by atoms with Gasteiger partial charge in [-0.3, -0.25) is 4.79 Å². The predicted molar refractivity (Wildman–Crippen MR) is 115 cm³/mol. The predicted octanol–water partition coefficient (Wildman–Crippen LogP) is 4.32. The molecule has 0 saturated carbocycles. The van der Waals surface area contributed by atoms with Crippen molar-refractivity contribution in [2.24, 2.45) is 5.92 Å². The van der Waals surface area contributed by atoms with E-state index in [2.05, 4.69) is 10.4 Å². The fourth-order valence-electron chi connectivity index (χ4n) is 2.92. The third-order valence-electron chi connectivity index (χ3n) is 4.46. The Balaban J connectivity index is 2.11. The lowest BCUT2D eigenvalue weighted by Crippen LogP contribution is -2.17. The number of hydrogen-bond acceptors (Lipinski definition) is 5. The van der Waals surface area contributed by atoms with Gasteiger partial charge in [0.1, 0.15) is 11.4 Å². The maximum atomic E-state index is 12.3. The molecule has 1 amide bonds. The summed E-state index contributed by atoms with van der Waals surface area (Å²) >= 11 is 0. The fourth-order valence-corrected chi connectivity index (χ4v) is 2.92. The number of hydrogen-bond donors (Lipinski definition) is 1. The van der Waals surface area contributed by atoms with Crippen LogP contribution in [-0.4, -0.2) is 35.4 Å². The number of amides is 1.